The molecule has 4 nitrogen and oxygen atoms in total. The highest BCUT2D eigenvalue weighted by molar-refractivity contribution is 6.09. The number of hydrogen-bond acceptors (Lipinski definition) is 3. The van der Waals surface area contributed by atoms with Gasteiger partial charge in [-0.25, -0.2) is 9.47 Å². The summed E-state index contributed by atoms with van der Waals surface area (Å²) in [5.41, 5.74) is 7.91. The number of fused-ring (bicyclic) bond motifs is 4. The van der Waals surface area contributed by atoms with E-state index in [1.165, 1.54) is 16.9 Å². The Hall–Kier alpha value is -3.79. The van der Waals surface area contributed by atoms with Gasteiger partial charge in [-0.2, -0.15) is 0 Å². The SMILES string of the molecule is Cc1ccc2c(oc3ccccc32)c1-c1cccc(N2c3ccccc3N(C(C)C)[C@H]2C)[n+]1C. The number of hydrogen-bond donors (Lipinski definition) is 0. The molecule has 3 heterocycles. The number of anilines is 3. The van der Waals surface area contributed by atoms with E-state index >= 15 is 0 Å². The van der Waals surface area contributed by atoms with Crippen LogP contribution in [0.3, 0.4) is 0 Å². The van der Waals surface area contributed by atoms with Gasteiger partial charge in [-0.05, 0) is 63.6 Å². The number of aryl methyl sites for hydroxylation is 1. The van der Waals surface area contributed by atoms with Crippen molar-refractivity contribution in [1.82, 2.24) is 0 Å². The van der Waals surface area contributed by atoms with Gasteiger partial charge in [-0.1, -0.05) is 42.5 Å². The van der Waals surface area contributed by atoms with Crippen molar-refractivity contribution in [3.8, 4) is 11.3 Å². The van der Waals surface area contributed by atoms with Crippen LogP contribution in [-0.2, 0) is 7.05 Å². The Bertz CT molecular complexity index is 1550. The summed E-state index contributed by atoms with van der Waals surface area (Å²) in [6.45, 7) is 8.98. The molecule has 6 rings (SSSR count). The van der Waals surface area contributed by atoms with Crippen molar-refractivity contribution in [3.63, 3.8) is 0 Å². The van der Waals surface area contributed by atoms with E-state index in [1.54, 1.807) is 0 Å². The third-order valence-corrected chi connectivity index (χ3v) is 7.21. The number of para-hydroxylation sites is 3. The fourth-order valence-electron chi connectivity index (χ4n) is 5.71. The van der Waals surface area contributed by atoms with Crippen molar-refractivity contribution in [2.24, 2.45) is 7.05 Å². The van der Waals surface area contributed by atoms with E-state index in [1.807, 2.05) is 12.1 Å². The molecular weight excluding hydrogens is 418 g/mol. The summed E-state index contributed by atoms with van der Waals surface area (Å²) >= 11 is 0. The molecule has 1 aliphatic rings. The second kappa shape index (κ2) is 7.63. The normalized spacial score (nSPS) is 15.6. The molecule has 0 spiro atoms. The number of furan rings is 1. The summed E-state index contributed by atoms with van der Waals surface area (Å²) < 4.78 is 8.74. The lowest BCUT2D eigenvalue weighted by Crippen LogP contribution is -2.47. The van der Waals surface area contributed by atoms with Crippen LogP contribution in [0.1, 0.15) is 26.3 Å². The van der Waals surface area contributed by atoms with Crippen molar-refractivity contribution < 1.29 is 8.98 Å². The standard InChI is InChI=1S/C30H30N3O/c1-19(2)32-21(4)33(25-13-8-7-12-24(25)32)28-16-10-14-26(31(28)5)29-20(3)17-18-23-22-11-6-9-15-27(22)34-30(23)29/h6-19,21H,1-5H3/q+1/t21-/m1/s1. The van der Waals surface area contributed by atoms with Crippen LogP contribution in [-0.4, -0.2) is 12.2 Å². The van der Waals surface area contributed by atoms with Gasteiger partial charge in [0.1, 0.15) is 16.9 Å². The van der Waals surface area contributed by atoms with Crippen molar-refractivity contribution in [1.29, 1.82) is 0 Å². The van der Waals surface area contributed by atoms with Crippen molar-refractivity contribution in [2.45, 2.75) is 39.9 Å². The zero-order chi connectivity index (χ0) is 23.6. The fourth-order valence-corrected chi connectivity index (χ4v) is 5.71. The molecular formula is C30H30N3O+. The van der Waals surface area contributed by atoms with Gasteiger partial charge >= 0.3 is 0 Å². The molecule has 0 bridgehead atoms. The Morgan fingerprint density at radius 2 is 1.56 bits per heavy atom. The maximum absolute atomic E-state index is 6.43. The lowest BCUT2D eigenvalue weighted by molar-refractivity contribution is -0.647. The topological polar surface area (TPSA) is 23.5 Å². The molecule has 170 valence electrons. The van der Waals surface area contributed by atoms with E-state index in [0.29, 0.717) is 6.04 Å². The molecule has 5 aromatic rings. The molecule has 1 atom stereocenters. The maximum Gasteiger partial charge on any atom is 0.283 e. The number of rotatable bonds is 3. The number of aromatic nitrogens is 1. The van der Waals surface area contributed by atoms with Gasteiger partial charge in [0, 0.05) is 22.9 Å². The predicted octanol–water partition coefficient (Wildman–Crippen LogP) is 7.10. The van der Waals surface area contributed by atoms with Crippen LogP contribution in [0.4, 0.5) is 17.2 Å². The molecule has 0 fully saturated rings. The summed E-state index contributed by atoms with van der Waals surface area (Å²) in [4.78, 5) is 4.94. The first kappa shape index (κ1) is 20.8. The van der Waals surface area contributed by atoms with Crippen LogP contribution < -0.4 is 14.4 Å². The summed E-state index contributed by atoms with van der Waals surface area (Å²) in [6.07, 6.45) is 0.210. The quantitative estimate of drug-likeness (QED) is 0.275. The third-order valence-electron chi connectivity index (χ3n) is 7.21. The highest BCUT2D eigenvalue weighted by Crippen LogP contribution is 2.44. The second-order valence-electron chi connectivity index (χ2n) is 9.55. The van der Waals surface area contributed by atoms with E-state index in [2.05, 4.69) is 116 Å². The molecule has 0 N–H and O–H groups in total. The smallest absolute Gasteiger partial charge is 0.283 e. The Balaban J connectivity index is 1.58. The molecule has 0 saturated carbocycles. The highest BCUT2D eigenvalue weighted by Gasteiger charge is 2.42. The first-order valence-corrected chi connectivity index (χ1v) is 12.0. The molecule has 2 aromatic heterocycles. The Labute approximate surface area is 200 Å². The monoisotopic (exact) mass is 448 g/mol. The summed E-state index contributed by atoms with van der Waals surface area (Å²) in [5, 5.41) is 2.32. The van der Waals surface area contributed by atoms with Crippen molar-refractivity contribution in [2.75, 3.05) is 9.80 Å². The van der Waals surface area contributed by atoms with E-state index in [-0.39, 0.29) is 6.17 Å². The summed E-state index contributed by atoms with van der Waals surface area (Å²) in [5.74, 6) is 1.16. The van der Waals surface area contributed by atoms with Crippen LogP contribution in [0, 0.1) is 6.92 Å². The highest BCUT2D eigenvalue weighted by atomic mass is 16.3. The van der Waals surface area contributed by atoms with Gasteiger partial charge in [0.05, 0.1) is 18.3 Å². The molecule has 0 saturated heterocycles. The molecule has 0 aliphatic carbocycles. The first-order valence-electron chi connectivity index (χ1n) is 12.0. The lowest BCUT2D eigenvalue weighted by atomic mass is 10.0. The van der Waals surface area contributed by atoms with Crippen molar-refractivity contribution in [3.05, 3.63) is 84.4 Å². The van der Waals surface area contributed by atoms with E-state index in [9.17, 15) is 0 Å². The Morgan fingerprint density at radius 3 is 2.35 bits per heavy atom. The molecule has 0 amide bonds. The van der Waals surface area contributed by atoms with Gasteiger partial charge in [-0.3, -0.25) is 0 Å². The number of pyridine rings is 1. The van der Waals surface area contributed by atoms with Crippen LogP contribution >= 0.6 is 0 Å². The van der Waals surface area contributed by atoms with Gasteiger partial charge in [0.15, 0.2) is 11.9 Å². The average molecular weight is 449 g/mol. The van der Waals surface area contributed by atoms with Crippen LogP contribution in [0.15, 0.2) is 83.3 Å². The number of benzene rings is 3. The largest absolute Gasteiger partial charge is 0.455 e. The number of nitrogens with zero attached hydrogens (tertiary/aromatic N) is 3. The van der Waals surface area contributed by atoms with Crippen molar-refractivity contribution >= 4 is 39.1 Å². The predicted molar refractivity (Wildman–Crippen MR) is 141 cm³/mol. The zero-order valence-corrected chi connectivity index (χ0v) is 20.4. The summed E-state index contributed by atoms with van der Waals surface area (Å²) in [6, 6.07) is 28.4. The Morgan fingerprint density at radius 1 is 0.824 bits per heavy atom. The molecule has 1 aliphatic heterocycles. The van der Waals surface area contributed by atoms with Crippen LogP contribution in [0.5, 0.6) is 0 Å². The molecule has 34 heavy (non-hydrogen) atoms. The first-order chi connectivity index (χ1) is 16.5. The minimum Gasteiger partial charge on any atom is -0.455 e. The fraction of sp³-hybridized carbons (Fsp3) is 0.233. The van der Waals surface area contributed by atoms with Crippen LogP contribution in [0.25, 0.3) is 33.2 Å². The van der Waals surface area contributed by atoms with Gasteiger partial charge in [-0.15, -0.1) is 0 Å². The average Bonchev–Trinajstić information content (AvgIpc) is 3.34. The minimum atomic E-state index is 0.210. The molecule has 0 radical (unpaired) electrons. The second-order valence-corrected chi connectivity index (χ2v) is 9.55. The molecule has 4 heteroatoms. The van der Waals surface area contributed by atoms with Gasteiger partial charge in [0.2, 0.25) is 0 Å². The Kier molecular flexibility index (Phi) is 4.66. The summed E-state index contributed by atoms with van der Waals surface area (Å²) in [7, 11) is 2.17. The van der Waals surface area contributed by atoms with E-state index in [0.717, 1.165) is 39.0 Å². The van der Waals surface area contributed by atoms with Crippen LogP contribution in [0.2, 0.25) is 0 Å². The van der Waals surface area contributed by atoms with Gasteiger partial charge < -0.3 is 9.32 Å². The minimum absolute atomic E-state index is 0.210. The third kappa shape index (κ3) is 2.88. The molecule has 0 unspecified atom stereocenters. The zero-order valence-electron chi connectivity index (χ0n) is 20.4. The van der Waals surface area contributed by atoms with E-state index in [4.69, 9.17) is 4.42 Å². The van der Waals surface area contributed by atoms with E-state index < -0.39 is 0 Å². The van der Waals surface area contributed by atoms with Gasteiger partial charge in [0.25, 0.3) is 5.82 Å². The lowest BCUT2D eigenvalue weighted by Gasteiger charge is -2.29. The maximum atomic E-state index is 6.43. The molecule has 3 aromatic carbocycles.